The van der Waals surface area contributed by atoms with Gasteiger partial charge in [-0.3, -0.25) is 0 Å². The number of nitrogens with zero attached hydrogens (tertiary/aromatic N) is 4. The van der Waals surface area contributed by atoms with Gasteiger partial charge in [0.25, 0.3) is 0 Å². The summed E-state index contributed by atoms with van der Waals surface area (Å²) >= 11 is 2.85. The topological polar surface area (TPSA) is 74.5 Å². The number of anilines is 2. The normalized spacial score (nSPS) is 10.3. The highest BCUT2D eigenvalue weighted by Crippen LogP contribution is 2.32. The first-order valence-corrected chi connectivity index (χ1v) is 8.50. The molecular weight excluding hydrogens is 326 g/mol. The minimum absolute atomic E-state index is 0.396. The fourth-order valence-electron chi connectivity index (χ4n) is 1.87. The van der Waals surface area contributed by atoms with Crippen LogP contribution in [0.15, 0.2) is 45.8 Å². The molecule has 0 fully saturated rings. The summed E-state index contributed by atoms with van der Waals surface area (Å²) in [6.07, 6.45) is 0. The van der Waals surface area contributed by atoms with Crippen LogP contribution >= 0.6 is 23.1 Å². The van der Waals surface area contributed by atoms with E-state index < -0.39 is 0 Å². The lowest BCUT2D eigenvalue weighted by atomic mass is 10.1. The second-order valence-corrected chi connectivity index (χ2v) is 7.12. The molecule has 5 nitrogen and oxygen atoms in total. The smallest absolute Gasteiger partial charge is 0.210 e. The molecule has 0 atom stereocenters. The van der Waals surface area contributed by atoms with Gasteiger partial charge in [-0.05, 0) is 61.0 Å². The second-order valence-electron chi connectivity index (χ2n) is 4.87. The minimum Gasteiger partial charge on any atom is -0.330 e. The van der Waals surface area contributed by atoms with Gasteiger partial charge in [0.15, 0.2) is 4.34 Å². The molecule has 114 valence electrons. The van der Waals surface area contributed by atoms with Crippen molar-refractivity contribution in [3.05, 3.63) is 53.2 Å². The molecule has 23 heavy (non-hydrogen) atoms. The first kappa shape index (κ1) is 15.5. The van der Waals surface area contributed by atoms with Crippen molar-refractivity contribution in [2.24, 2.45) is 0 Å². The SMILES string of the molecule is Cc1ccc(Nc2nnc(Sc3cccc(C#N)n3)s2)cc1C. The van der Waals surface area contributed by atoms with Gasteiger partial charge >= 0.3 is 0 Å². The highest BCUT2D eigenvalue weighted by Gasteiger charge is 2.08. The number of rotatable bonds is 4. The van der Waals surface area contributed by atoms with Crippen LogP contribution < -0.4 is 5.32 Å². The Balaban J connectivity index is 1.72. The van der Waals surface area contributed by atoms with Gasteiger partial charge in [-0.15, -0.1) is 10.2 Å². The van der Waals surface area contributed by atoms with Gasteiger partial charge in [-0.1, -0.05) is 23.5 Å². The van der Waals surface area contributed by atoms with Crippen molar-refractivity contribution in [2.75, 3.05) is 5.32 Å². The molecule has 0 spiro atoms. The Morgan fingerprint density at radius 1 is 1.13 bits per heavy atom. The quantitative estimate of drug-likeness (QED) is 0.763. The lowest BCUT2D eigenvalue weighted by Crippen LogP contribution is -1.91. The van der Waals surface area contributed by atoms with Crippen molar-refractivity contribution in [2.45, 2.75) is 23.2 Å². The third kappa shape index (κ3) is 3.86. The summed E-state index contributed by atoms with van der Waals surface area (Å²) in [6.45, 7) is 4.16. The molecule has 0 aliphatic heterocycles. The number of aryl methyl sites for hydroxylation is 2. The monoisotopic (exact) mass is 339 g/mol. The van der Waals surface area contributed by atoms with Crippen LogP contribution in [0.1, 0.15) is 16.8 Å². The fourth-order valence-corrected chi connectivity index (χ4v) is 3.58. The van der Waals surface area contributed by atoms with E-state index in [1.165, 1.54) is 34.2 Å². The molecule has 3 rings (SSSR count). The maximum Gasteiger partial charge on any atom is 0.210 e. The lowest BCUT2D eigenvalue weighted by molar-refractivity contribution is 1.01. The van der Waals surface area contributed by atoms with Gasteiger partial charge in [0.05, 0.1) is 0 Å². The van der Waals surface area contributed by atoms with Gasteiger partial charge < -0.3 is 5.32 Å². The Labute approximate surface area is 142 Å². The van der Waals surface area contributed by atoms with Crippen LogP contribution in [-0.4, -0.2) is 15.2 Å². The van der Waals surface area contributed by atoms with Crippen molar-refractivity contribution in [3.63, 3.8) is 0 Å². The zero-order valence-electron chi connectivity index (χ0n) is 12.6. The van der Waals surface area contributed by atoms with E-state index in [4.69, 9.17) is 5.26 Å². The third-order valence-corrected chi connectivity index (χ3v) is 5.02. The molecule has 0 unspecified atom stereocenters. The minimum atomic E-state index is 0.396. The fraction of sp³-hybridized carbons (Fsp3) is 0.125. The van der Waals surface area contributed by atoms with E-state index in [-0.39, 0.29) is 0 Å². The molecule has 7 heteroatoms. The van der Waals surface area contributed by atoms with E-state index in [0.717, 1.165) is 20.2 Å². The third-order valence-electron chi connectivity index (χ3n) is 3.19. The van der Waals surface area contributed by atoms with Crippen molar-refractivity contribution < 1.29 is 0 Å². The molecule has 0 aliphatic rings. The van der Waals surface area contributed by atoms with Gasteiger partial charge in [0.2, 0.25) is 5.13 Å². The first-order valence-electron chi connectivity index (χ1n) is 6.87. The van der Waals surface area contributed by atoms with Crippen LogP contribution in [-0.2, 0) is 0 Å². The number of benzene rings is 1. The predicted octanol–water partition coefficient (Wildman–Crippen LogP) is 4.32. The zero-order valence-corrected chi connectivity index (χ0v) is 14.2. The number of pyridine rings is 1. The number of aromatic nitrogens is 3. The Kier molecular flexibility index (Phi) is 4.55. The van der Waals surface area contributed by atoms with Crippen LogP contribution in [0.5, 0.6) is 0 Å². The van der Waals surface area contributed by atoms with E-state index in [1.807, 2.05) is 24.3 Å². The summed E-state index contributed by atoms with van der Waals surface area (Å²) < 4.78 is 0.777. The lowest BCUT2D eigenvalue weighted by Gasteiger charge is -2.05. The van der Waals surface area contributed by atoms with Gasteiger partial charge in [-0.2, -0.15) is 5.26 Å². The Morgan fingerprint density at radius 2 is 2.00 bits per heavy atom. The number of hydrogen-bond donors (Lipinski definition) is 1. The van der Waals surface area contributed by atoms with E-state index in [0.29, 0.717) is 5.69 Å². The van der Waals surface area contributed by atoms with Crippen LogP contribution in [0.3, 0.4) is 0 Å². The molecule has 0 aliphatic carbocycles. The van der Waals surface area contributed by atoms with E-state index in [9.17, 15) is 0 Å². The Bertz CT molecular complexity index is 882. The molecule has 0 saturated heterocycles. The summed E-state index contributed by atoms with van der Waals surface area (Å²) in [4.78, 5) is 4.22. The highest BCUT2D eigenvalue weighted by molar-refractivity contribution is 8.01. The molecule has 3 aromatic rings. The van der Waals surface area contributed by atoms with Gasteiger partial charge in [0, 0.05) is 5.69 Å². The Morgan fingerprint density at radius 3 is 2.78 bits per heavy atom. The standard InChI is InChI=1S/C16H13N5S2/c1-10-6-7-12(8-11(10)2)19-15-20-21-16(23-15)22-14-5-3-4-13(9-17)18-14/h3-8H,1-2H3,(H,19,20). The predicted molar refractivity (Wildman–Crippen MR) is 92.2 cm³/mol. The second kappa shape index (κ2) is 6.77. The maximum atomic E-state index is 8.88. The zero-order chi connectivity index (χ0) is 16.2. The molecule has 0 bridgehead atoms. The molecular formula is C16H13N5S2. The molecule has 0 radical (unpaired) electrons. The van der Waals surface area contributed by atoms with Crippen molar-refractivity contribution in [3.8, 4) is 6.07 Å². The summed E-state index contributed by atoms with van der Waals surface area (Å²) in [6, 6.07) is 13.6. The van der Waals surface area contributed by atoms with Crippen LogP contribution in [0, 0.1) is 25.2 Å². The molecule has 1 aromatic carbocycles. The number of nitrogens with one attached hydrogen (secondary N) is 1. The van der Waals surface area contributed by atoms with E-state index in [2.05, 4.69) is 46.5 Å². The molecule has 0 amide bonds. The van der Waals surface area contributed by atoms with Crippen LogP contribution in [0.2, 0.25) is 0 Å². The summed E-state index contributed by atoms with van der Waals surface area (Å²) in [5.41, 5.74) is 3.87. The molecule has 0 saturated carbocycles. The summed E-state index contributed by atoms with van der Waals surface area (Å²) in [7, 11) is 0. The van der Waals surface area contributed by atoms with Crippen molar-refractivity contribution in [1.82, 2.24) is 15.2 Å². The summed E-state index contributed by atoms with van der Waals surface area (Å²) in [5, 5.41) is 21.9. The first-order chi connectivity index (χ1) is 11.1. The van der Waals surface area contributed by atoms with Crippen molar-refractivity contribution >= 4 is 33.9 Å². The van der Waals surface area contributed by atoms with Gasteiger partial charge in [-0.25, -0.2) is 4.98 Å². The van der Waals surface area contributed by atoms with Crippen LogP contribution in [0.4, 0.5) is 10.8 Å². The highest BCUT2D eigenvalue weighted by atomic mass is 32.2. The van der Waals surface area contributed by atoms with Gasteiger partial charge in [0.1, 0.15) is 16.8 Å². The summed E-state index contributed by atoms with van der Waals surface area (Å²) in [5.74, 6) is 0. The van der Waals surface area contributed by atoms with Crippen molar-refractivity contribution in [1.29, 1.82) is 5.26 Å². The molecule has 2 heterocycles. The largest absolute Gasteiger partial charge is 0.330 e. The number of nitriles is 1. The van der Waals surface area contributed by atoms with E-state index >= 15 is 0 Å². The van der Waals surface area contributed by atoms with Crippen LogP contribution in [0.25, 0.3) is 0 Å². The number of hydrogen-bond acceptors (Lipinski definition) is 7. The maximum absolute atomic E-state index is 8.88. The average Bonchev–Trinajstić information content (AvgIpc) is 2.98. The molecule has 1 N–H and O–H groups in total. The van der Waals surface area contributed by atoms with E-state index in [1.54, 1.807) is 6.07 Å². The average molecular weight is 339 g/mol. The Hall–Kier alpha value is -2.43. The molecule has 2 aromatic heterocycles.